The molecule has 120 valence electrons. The van der Waals surface area contributed by atoms with E-state index < -0.39 is 9.84 Å². The van der Waals surface area contributed by atoms with Crippen LogP contribution in [0.4, 0.5) is 5.69 Å². The van der Waals surface area contributed by atoms with Crippen LogP contribution in [0.25, 0.3) is 0 Å². The highest BCUT2D eigenvalue weighted by Gasteiger charge is 2.28. The summed E-state index contributed by atoms with van der Waals surface area (Å²) in [5, 5.41) is 2.89. The van der Waals surface area contributed by atoms with Gasteiger partial charge in [0.25, 0.3) is 0 Å². The molecular weight excluding hydrogens is 310 g/mol. The van der Waals surface area contributed by atoms with Crippen LogP contribution in [-0.4, -0.2) is 20.1 Å². The van der Waals surface area contributed by atoms with Gasteiger partial charge in [-0.05, 0) is 48.2 Å². The van der Waals surface area contributed by atoms with Crippen LogP contribution in [-0.2, 0) is 21.1 Å². The topological polar surface area (TPSA) is 63.2 Å². The summed E-state index contributed by atoms with van der Waals surface area (Å²) in [5.41, 5.74) is 2.95. The molecule has 3 rings (SSSR count). The van der Waals surface area contributed by atoms with Crippen LogP contribution in [0.3, 0.4) is 0 Å². The second-order valence-electron chi connectivity index (χ2n) is 5.71. The highest BCUT2D eigenvalue weighted by atomic mass is 32.2. The van der Waals surface area contributed by atoms with Gasteiger partial charge in [0.1, 0.15) is 0 Å². The van der Waals surface area contributed by atoms with Gasteiger partial charge >= 0.3 is 0 Å². The molecule has 0 bridgehead atoms. The Kier molecular flexibility index (Phi) is 4.22. The van der Waals surface area contributed by atoms with E-state index >= 15 is 0 Å². The van der Waals surface area contributed by atoms with Crippen molar-refractivity contribution in [2.45, 2.75) is 30.6 Å². The van der Waals surface area contributed by atoms with Crippen LogP contribution >= 0.6 is 0 Å². The van der Waals surface area contributed by atoms with E-state index in [-0.39, 0.29) is 22.5 Å². The van der Waals surface area contributed by atoms with Crippen LogP contribution in [0, 0.1) is 0 Å². The molecule has 1 N–H and O–H groups in total. The molecule has 2 aromatic carbocycles. The molecule has 0 saturated heterocycles. The molecule has 0 spiro atoms. The second kappa shape index (κ2) is 6.16. The number of carbonyl (C=O) groups excluding carboxylic acids is 1. The number of nitrogens with one attached hydrogen (secondary N) is 1. The Morgan fingerprint density at radius 1 is 1.13 bits per heavy atom. The molecule has 5 heteroatoms. The van der Waals surface area contributed by atoms with E-state index in [4.69, 9.17) is 0 Å². The fraction of sp³-hybridized carbons (Fsp3) is 0.278. The Balaban J connectivity index is 1.74. The molecular formula is C18H19NO3S. The quantitative estimate of drug-likeness (QED) is 0.937. The average Bonchev–Trinajstić information content (AvgIpc) is 2.99. The Hall–Kier alpha value is -2.14. The van der Waals surface area contributed by atoms with Gasteiger partial charge in [0.05, 0.1) is 16.6 Å². The summed E-state index contributed by atoms with van der Waals surface area (Å²) < 4.78 is 23.6. The van der Waals surface area contributed by atoms with Gasteiger partial charge in [-0.25, -0.2) is 8.42 Å². The van der Waals surface area contributed by atoms with E-state index in [0.717, 1.165) is 18.4 Å². The number of carbonyl (C=O) groups is 1. The summed E-state index contributed by atoms with van der Waals surface area (Å²) in [5.74, 6) is -0.108. The van der Waals surface area contributed by atoms with E-state index in [0.29, 0.717) is 5.69 Å². The van der Waals surface area contributed by atoms with Gasteiger partial charge in [-0.15, -0.1) is 0 Å². The first kappa shape index (κ1) is 15.7. The molecule has 0 radical (unpaired) electrons. The maximum absolute atomic E-state index is 12.5. The SMILES string of the molecule is CCS(=O)(=O)c1ccc(NC(=O)C2CCc3ccccc32)cc1. The van der Waals surface area contributed by atoms with Crippen molar-refractivity contribution in [2.75, 3.05) is 11.1 Å². The first-order valence-electron chi connectivity index (χ1n) is 7.73. The van der Waals surface area contributed by atoms with Crippen molar-refractivity contribution in [1.82, 2.24) is 0 Å². The van der Waals surface area contributed by atoms with E-state index in [1.807, 2.05) is 18.2 Å². The highest BCUT2D eigenvalue weighted by molar-refractivity contribution is 7.91. The third-order valence-electron chi connectivity index (χ3n) is 4.31. The summed E-state index contributed by atoms with van der Waals surface area (Å²) >= 11 is 0. The lowest BCUT2D eigenvalue weighted by Crippen LogP contribution is -2.19. The number of fused-ring (bicyclic) bond motifs is 1. The first-order valence-corrected chi connectivity index (χ1v) is 9.38. The van der Waals surface area contributed by atoms with Gasteiger partial charge in [-0.2, -0.15) is 0 Å². The van der Waals surface area contributed by atoms with Crippen molar-refractivity contribution in [2.24, 2.45) is 0 Å². The van der Waals surface area contributed by atoms with Crippen molar-refractivity contribution in [1.29, 1.82) is 0 Å². The maximum Gasteiger partial charge on any atom is 0.231 e. The molecule has 0 heterocycles. The normalized spacial score (nSPS) is 16.8. The number of rotatable bonds is 4. The lowest BCUT2D eigenvalue weighted by Gasteiger charge is -2.12. The average molecular weight is 329 g/mol. The van der Waals surface area contributed by atoms with Crippen molar-refractivity contribution in [3.8, 4) is 0 Å². The Morgan fingerprint density at radius 2 is 1.83 bits per heavy atom. The number of aryl methyl sites for hydroxylation is 1. The summed E-state index contributed by atoms with van der Waals surface area (Å²) in [6, 6.07) is 14.4. The molecule has 23 heavy (non-hydrogen) atoms. The molecule has 0 fully saturated rings. The molecule has 2 aromatic rings. The number of amides is 1. The zero-order chi connectivity index (χ0) is 16.4. The summed E-state index contributed by atoms with van der Waals surface area (Å²) in [6.45, 7) is 1.61. The number of benzene rings is 2. The van der Waals surface area contributed by atoms with Gasteiger partial charge in [-0.3, -0.25) is 4.79 Å². The number of sulfone groups is 1. The number of anilines is 1. The molecule has 0 aliphatic heterocycles. The van der Waals surface area contributed by atoms with Crippen LogP contribution < -0.4 is 5.32 Å². The Morgan fingerprint density at radius 3 is 2.52 bits per heavy atom. The second-order valence-corrected chi connectivity index (χ2v) is 7.99. The van der Waals surface area contributed by atoms with Gasteiger partial charge in [-0.1, -0.05) is 31.2 Å². The monoisotopic (exact) mass is 329 g/mol. The molecule has 1 amide bonds. The Labute approximate surface area is 136 Å². The van der Waals surface area contributed by atoms with Crippen molar-refractivity contribution in [3.05, 3.63) is 59.7 Å². The minimum absolute atomic E-state index is 0.0407. The van der Waals surface area contributed by atoms with Crippen LogP contribution in [0.1, 0.15) is 30.4 Å². The number of hydrogen-bond donors (Lipinski definition) is 1. The standard InChI is InChI=1S/C18H19NO3S/c1-2-23(21,22)15-10-8-14(9-11-15)19-18(20)17-12-7-13-5-3-4-6-16(13)17/h3-6,8-11,17H,2,7,12H2,1H3,(H,19,20). The molecule has 1 aliphatic carbocycles. The van der Waals surface area contributed by atoms with Crippen LogP contribution in [0.15, 0.2) is 53.4 Å². The summed E-state index contributed by atoms with van der Waals surface area (Å²) in [4.78, 5) is 12.8. The van der Waals surface area contributed by atoms with Gasteiger partial charge in [0.2, 0.25) is 5.91 Å². The largest absolute Gasteiger partial charge is 0.326 e. The zero-order valence-electron chi connectivity index (χ0n) is 13.0. The minimum atomic E-state index is -3.21. The van der Waals surface area contributed by atoms with Crippen LogP contribution in [0.5, 0.6) is 0 Å². The summed E-state index contributed by atoms with van der Waals surface area (Å²) in [6.07, 6.45) is 1.73. The van der Waals surface area contributed by atoms with Crippen molar-refractivity contribution >= 4 is 21.4 Å². The number of hydrogen-bond acceptors (Lipinski definition) is 3. The zero-order valence-corrected chi connectivity index (χ0v) is 13.8. The third kappa shape index (κ3) is 3.15. The maximum atomic E-state index is 12.5. The van der Waals surface area contributed by atoms with E-state index in [1.54, 1.807) is 19.1 Å². The van der Waals surface area contributed by atoms with Gasteiger partial charge in [0, 0.05) is 5.69 Å². The van der Waals surface area contributed by atoms with E-state index in [2.05, 4.69) is 11.4 Å². The third-order valence-corrected chi connectivity index (χ3v) is 6.06. The molecule has 1 unspecified atom stereocenters. The fourth-order valence-corrected chi connectivity index (χ4v) is 3.86. The van der Waals surface area contributed by atoms with Gasteiger partial charge < -0.3 is 5.32 Å². The smallest absolute Gasteiger partial charge is 0.231 e. The fourth-order valence-electron chi connectivity index (χ4n) is 2.97. The highest BCUT2D eigenvalue weighted by Crippen LogP contribution is 2.33. The van der Waals surface area contributed by atoms with E-state index in [1.165, 1.54) is 17.7 Å². The summed E-state index contributed by atoms with van der Waals surface area (Å²) in [7, 11) is -3.21. The lowest BCUT2D eigenvalue weighted by molar-refractivity contribution is -0.117. The Bertz CT molecular complexity index is 826. The molecule has 1 aliphatic rings. The van der Waals surface area contributed by atoms with Crippen molar-refractivity contribution < 1.29 is 13.2 Å². The first-order chi connectivity index (χ1) is 11.0. The minimum Gasteiger partial charge on any atom is -0.326 e. The lowest BCUT2D eigenvalue weighted by atomic mass is 10.0. The van der Waals surface area contributed by atoms with E-state index in [9.17, 15) is 13.2 Å². The van der Waals surface area contributed by atoms with Crippen molar-refractivity contribution in [3.63, 3.8) is 0 Å². The molecule has 0 saturated carbocycles. The van der Waals surface area contributed by atoms with Crippen LogP contribution in [0.2, 0.25) is 0 Å². The molecule has 1 atom stereocenters. The molecule has 0 aromatic heterocycles. The predicted molar refractivity (Wildman–Crippen MR) is 90.3 cm³/mol. The molecule has 4 nitrogen and oxygen atoms in total. The predicted octanol–water partition coefficient (Wildman–Crippen LogP) is 3.15. The van der Waals surface area contributed by atoms with Gasteiger partial charge in [0.15, 0.2) is 9.84 Å².